The van der Waals surface area contributed by atoms with E-state index < -0.39 is 0 Å². The van der Waals surface area contributed by atoms with Gasteiger partial charge < -0.3 is 10.6 Å². The molecular weight excluding hydrogens is 372 g/mol. The molecule has 0 spiro atoms. The highest BCUT2D eigenvalue weighted by molar-refractivity contribution is 5.94. The summed E-state index contributed by atoms with van der Waals surface area (Å²) >= 11 is 0. The molecule has 2 N–H and O–H groups in total. The fourth-order valence-corrected chi connectivity index (χ4v) is 3.11. The highest BCUT2D eigenvalue weighted by Gasteiger charge is 2.06. The Kier molecular flexibility index (Phi) is 6.11. The minimum Gasteiger partial charge on any atom is -0.348 e. The van der Waals surface area contributed by atoms with Gasteiger partial charge in [-0.1, -0.05) is 54.6 Å². The molecule has 0 atom stereocenters. The van der Waals surface area contributed by atoms with E-state index in [1.807, 2.05) is 66.7 Å². The Morgan fingerprint density at radius 1 is 0.767 bits per heavy atom. The van der Waals surface area contributed by atoms with Gasteiger partial charge in [0, 0.05) is 30.2 Å². The molecule has 3 aromatic carbocycles. The van der Waals surface area contributed by atoms with Crippen molar-refractivity contribution >= 4 is 17.4 Å². The fraction of sp³-hybridized carbons (Fsp3) is 0.0800. The molecule has 0 aliphatic heterocycles. The lowest BCUT2D eigenvalue weighted by molar-refractivity contribution is 0.0951. The van der Waals surface area contributed by atoms with Gasteiger partial charge in [0.25, 0.3) is 5.91 Å². The van der Waals surface area contributed by atoms with Gasteiger partial charge in [-0.15, -0.1) is 0 Å². The minimum absolute atomic E-state index is 0.0650. The maximum Gasteiger partial charge on any atom is 0.251 e. The number of carbonyl (C=O) groups excluding carboxylic acids is 1. The van der Waals surface area contributed by atoms with Crippen molar-refractivity contribution in [3.05, 3.63) is 120 Å². The molecule has 1 aromatic heterocycles. The molecule has 0 aliphatic carbocycles. The van der Waals surface area contributed by atoms with E-state index in [0.29, 0.717) is 17.9 Å². The van der Waals surface area contributed by atoms with E-state index >= 15 is 0 Å². The molecule has 30 heavy (non-hydrogen) atoms. The Morgan fingerprint density at radius 3 is 2.13 bits per heavy atom. The zero-order chi connectivity index (χ0) is 20.6. The van der Waals surface area contributed by atoms with E-state index in [0.717, 1.165) is 23.2 Å². The van der Waals surface area contributed by atoms with E-state index in [2.05, 4.69) is 32.7 Å². The molecule has 1 heterocycles. The molecule has 1 amide bonds. The third-order valence-electron chi connectivity index (χ3n) is 4.71. The minimum atomic E-state index is -0.0650. The van der Waals surface area contributed by atoms with Crippen LogP contribution >= 0.6 is 0 Å². The van der Waals surface area contributed by atoms with Crippen LogP contribution in [0.15, 0.2) is 97.5 Å². The summed E-state index contributed by atoms with van der Waals surface area (Å²) in [5.74, 6) is 0.649. The first-order valence-electron chi connectivity index (χ1n) is 9.79. The summed E-state index contributed by atoms with van der Waals surface area (Å²) in [6.07, 6.45) is 5.79. The average Bonchev–Trinajstić information content (AvgIpc) is 2.81. The van der Waals surface area contributed by atoms with Crippen LogP contribution in [0.5, 0.6) is 0 Å². The van der Waals surface area contributed by atoms with E-state index in [1.165, 1.54) is 5.56 Å². The molecule has 5 heteroatoms. The Bertz CT molecular complexity index is 1080. The Labute approximate surface area is 175 Å². The van der Waals surface area contributed by atoms with Crippen molar-refractivity contribution in [3.63, 3.8) is 0 Å². The van der Waals surface area contributed by atoms with Crippen LogP contribution in [0.2, 0.25) is 0 Å². The quantitative estimate of drug-likeness (QED) is 0.475. The van der Waals surface area contributed by atoms with Crippen LogP contribution in [-0.4, -0.2) is 15.9 Å². The largest absolute Gasteiger partial charge is 0.348 e. The predicted octanol–water partition coefficient (Wildman–Crippen LogP) is 4.74. The third-order valence-corrected chi connectivity index (χ3v) is 4.71. The number of benzene rings is 3. The predicted molar refractivity (Wildman–Crippen MR) is 119 cm³/mol. The zero-order valence-corrected chi connectivity index (χ0v) is 16.5. The number of hydrogen-bond donors (Lipinski definition) is 2. The van der Waals surface area contributed by atoms with Crippen LogP contribution in [0, 0.1) is 0 Å². The second kappa shape index (κ2) is 9.47. The molecular formula is C25H22N4O. The number of nitrogens with one attached hydrogen (secondary N) is 2. The number of carbonyl (C=O) groups is 1. The summed E-state index contributed by atoms with van der Waals surface area (Å²) < 4.78 is 0. The van der Waals surface area contributed by atoms with E-state index in [4.69, 9.17) is 0 Å². The van der Waals surface area contributed by atoms with Crippen LogP contribution in [0.3, 0.4) is 0 Å². The van der Waals surface area contributed by atoms with Crippen LogP contribution in [0.25, 0.3) is 0 Å². The van der Waals surface area contributed by atoms with E-state index in [9.17, 15) is 4.79 Å². The van der Waals surface area contributed by atoms with Crippen LogP contribution in [0.4, 0.5) is 11.5 Å². The lowest BCUT2D eigenvalue weighted by Gasteiger charge is -2.08. The Morgan fingerprint density at radius 2 is 1.47 bits per heavy atom. The SMILES string of the molecule is O=C(NCc1ccccc1)c1ccc(Cc2ccc(Nc3cnccn3)cc2)cc1. The highest BCUT2D eigenvalue weighted by Crippen LogP contribution is 2.17. The van der Waals surface area contributed by atoms with Crippen LogP contribution in [-0.2, 0) is 13.0 Å². The number of aromatic nitrogens is 2. The second-order valence-electron chi connectivity index (χ2n) is 6.95. The number of anilines is 2. The molecule has 4 aromatic rings. The van der Waals surface area contributed by atoms with Crippen LogP contribution in [0.1, 0.15) is 27.0 Å². The van der Waals surface area contributed by atoms with Crippen molar-refractivity contribution in [2.45, 2.75) is 13.0 Å². The van der Waals surface area contributed by atoms with Gasteiger partial charge in [0.05, 0.1) is 6.20 Å². The van der Waals surface area contributed by atoms with Crippen molar-refractivity contribution in [2.75, 3.05) is 5.32 Å². The first-order chi connectivity index (χ1) is 14.8. The zero-order valence-electron chi connectivity index (χ0n) is 16.5. The maximum absolute atomic E-state index is 12.3. The first-order valence-corrected chi connectivity index (χ1v) is 9.79. The third kappa shape index (κ3) is 5.29. The van der Waals surface area contributed by atoms with Gasteiger partial charge >= 0.3 is 0 Å². The fourth-order valence-electron chi connectivity index (χ4n) is 3.11. The van der Waals surface area contributed by atoms with Crippen molar-refractivity contribution in [3.8, 4) is 0 Å². The molecule has 0 fully saturated rings. The molecule has 0 aliphatic rings. The van der Waals surface area contributed by atoms with Crippen molar-refractivity contribution in [1.82, 2.24) is 15.3 Å². The summed E-state index contributed by atoms with van der Waals surface area (Å²) in [7, 11) is 0. The van der Waals surface area contributed by atoms with Crippen LogP contribution < -0.4 is 10.6 Å². The van der Waals surface area contributed by atoms with E-state index in [-0.39, 0.29) is 5.91 Å². The van der Waals surface area contributed by atoms with Crippen molar-refractivity contribution in [1.29, 1.82) is 0 Å². The summed E-state index contributed by atoms with van der Waals surface area (Å²) in [6.45, 7) is 0.524. The normalized spacial score (nSPS) is 10.4. The standard InChI is InChI=1S/C25H22N4O/c30-25(28-17-21-4-2-1-3-5-21)22-10-6-19(7-11-22)16-20-8-12-23(13-9-20)29-24-18-26-14-15-27-24/h1-15,18H,16-17H2,(H,27,29)(H,28,30). The smallest absolute Gasteiger partial charge is 0.251 e. The van der Waals surface area contributed by atoms with Gasteiger partial charge in [0.2, 0.25) is 0 Å². The summed E-state index contributed by atoms with van der Waals surface area (Å²) in [4.78, 5) is 20.6. The number of rotatable bonds is 7. The Balaban J connectivity index is 1.32. The summed E-state index contributed by atoms with van der Waals surface area (Å²) in [5.41, 5.74) is 5.06. The van der Waals surface area contributed by atoms with Crippen molar-refractivity contribution in [2.24, 2.45) is 0 Å². The lowest BCUT2D eigenvalue weighted by Crippen LogP contribution is -2.22. The topological polar surface area (TPSA) is 66.9 Å². The molecule has 0 bridgehead atoms. The van der Waals surface area contributed by atoms with Gasteiger partial charge in [-0.3, -0.25) is 9.78 Å². The van der Waals surface area contributed by atoms with Crippen molar-refractivity contribution < 1.29 is 4.79 Å². The highest BCUT2D eigenvalue weighted by atomic mass is 16.1. The molecule has 148 valence electrons. The Hall–Kier alpha value is -3.99. The van der Waals surface area contributed by atoms with Gasteiger partial charge in [-0.05, 0) is 47.4 Å². The summed E-state index contributed by atoms with van der Waals surface area (Å²) in [6, 6.07) is 25.9. The van der Waals surface area contributed by atoms with Gasteiger partial charge in [0.1, 0.15) is 5.82 Å². The summed E-state index contributed by atoms with van der Waals surface area (Å²) in [5, 5.41) is 6.18. The van der Waals surface area contributed by atoms with E-state index in [1.54, 1.807) is 18.6 Å². The molecule has 0 saturated carbocycles. The molecule has 0 saturated heterocycles. The lowest BCUT2D eigenvalue weighted by atomic mass is 10.0. The molecule has 4 rings (SSSR count). The molecule has 5 nitrogen and oxygen atoms in total. The average molecular weight is 394 g/mol. The monoisotopic (exact) mass is 394 g/mol. The molecule has 0 unspecified atom stereocenters. The van der Waals surface area contributed by atoms with Gasteiger partial charge in [-0.25, -0.2) is 4.98 Å². The second-order valence-corrected chi connectivity index (χ2v) is 6.95. The molecule has 0 radical (unpaired) electrons. The first kappa shape index (κ1) is 19.3. The van der Waals surface area contributed by atoms with Gasteiger partial charge in [0.15, 0.2) is 0 Å². The number of hydrogen-bond acceptors (Lipinski definition) is 4. The van der Waals surface area contributed by atoms with Gasteiger partial charge in [-0.2, -0.15) is 0 Å². The number of nitrogens with zero attached hydrogens (tertiary/aromatic N) is 2. The maximum atomic E-state index is 12.3. The number of amides is 1.